The molecule has 0 spiro atoms. The molecule has 0 radical (unpaired) electrons. The van der Waals surface area contributed by atoms with E-state index in [4.69, 9.17) is 4.74 Å². The number of methoxy groups -OCH3 is 1. The Labute approximate surface area is 125 Å². The number of rotatable bonds is 2. The van der Waals surface area contributed by atoms with Gasteiger partial charge in [-0.2, -0.15) is 8.75 Å². The van der Waals surface area contributed by atoms with Crippen molar-refractivity contribution in [3.63, 3.8) is 0 Å². The molecule has 2 heterocycles. The van der Waals surface area contributed by atoms with Gasteiger partial charge in [0, 0.05) is 18.0 Å². The maximum atomic E-state index is 12.0. The van der Waals surface area contributed by atoms with E-state index in [1.54, 1.807) is 6.92 Å². The maximum absolute atomic E-state index is 12.0. The minimum atomic E-state index is -0.422. The number of benzene rings is 1. The number of fused-ring (bicyclic) bond motifs is 1. The molecule has 0 fully saturated rings. The third-order valence-corrected chi connectivity index (χ3v) is 4.11. The molecule has 6 nitrogen and oxygen atoms in total. The van der Waals surface area contributed by atoms with Crippen molar-refractivity contribution in [3.05, 3.63) is 35.0 Å². The van der Waals surface area contributed by atoms with Crippen LogP contribution in [0.3, 0.4) is 0 Å². The fourth-order valence-electron chi connectivity index (χ4n) is 2.58. The lowest BCUT2D eigenvalue weighted by Gasteiger charge is -2.26. The van der Waals surface area contributed by atoms with Gasteiger partial charge in [-0.05, 0) is 24.6 Å². The average Bonchev–Trinajstić information content (AvgIpc) is 2.93. The Balaban J connectivity index is 2.10. The van der Waals surface area contributed by atoms with Crippen molar-refractivity contribution in [2.75, 3.05) is 7.11 Å². The normalized spacial score (nSPS) is 18.8. The highest BCUT2D eigenvalue weighted by molar-refractivity contribution is 7.00. The lowest BCUT2D eigenvalue weighted by molar-refractivity contribution is -0.136. The second-order valence-corrected chi connectivity index (χ2v) is 5.38. The fourth-order valence-corrected chi connectivity index (χ4v) is 3.10. The third-order valence-electron chi connectivity index (χ3n) is 3.55. The van der Waals surface area contributed by atoms with Crippen LogP contribution in [0.5, 0.6) is 0 Å². The van der Waals surface area contributed by atoms with Crippen molar-refractivity contribution in [2.24, 2.45) is 0 Å². The second-order valence-electron chi connectivity index (χ2n) is 4.85. The van der Waals surface area contributed by atoms with Crippen LogP contribution in [-0.4, -0.2) is 27.7 Å². The summed E-state index contributed by atoms with van der Waals surface area (Å²) < 4.78 is 13.2. The monoisotopic (exact) mass is 303 g/mol. The van der Waals surface area contributed by atoms with Crippen LogP contribution in [-0.2, 0) is 14.3 Å². The molecule has 1 unspecified atom stereocenters. The number of hydrogen-bond donors (Lipinski definition) is 1. The molecule has 0 saturated carbocycles. The molecule has 0 bridgehead atoms. The molecular formula is C14H13N3O3S. The molecule has 1 aliphatic rings. The minimum absolute atomic E-state index is 0.110. The number of amides is 1. The van der Waals surface area contributed by atoms with Gasteiger partial charge in [0.2, 0.25) is 5.91 Å². The van der Waals surface area contributed by atoms with Gasteiger partial charge in [0.1, 0.15) is 11.0 Å². The molecule has 1 aromatic carbocycles. The Kier molecular flexibility index (Phi) is 3.42. The van der Waals surface area contributed by atoms with Crippen molar-refractivity contribution < 1.29 is 14.3 Å². The lowest BCUT2D eigenvalue weighted by atomic mass is 9.84. The van der Waals surface area contributed by atoms with Gasteiger partial charge in [0.05, 0.1) is 24.4 Å². The molecular weight excluding hydrogens is 290 g/mol. The second kappa shape index (κ2) is 5.25. The van der Waals surface area contributed by atoms with Crippen LogP contribution in [0.2, 0.25) is 0 Å². The zero-order valence-electron chi connectivity index (χ0n) is 11.5. The van der Waals surface area contributed by atoms with Gasteiger partial charge in [-0.1, -0.05) is 6.07 Å². The number of ether oxygens (including phenoxy) is 1. The van der Waals surface area contributed by atoms with Crippen LogP contribution in [0.15, 0.2) is 29.5 Å². The van der Waals surface area contributed by atoms with Crippen molar-refractivity contribution in [2.45, 2.75) is 19.3 Å². The summed E-state index contributed by atoms with van der Waals surface area (Å²) in [5.74, 6) is -0.854. The van der Waals surface area contributed by atoms with Gasteiger partial charge >= 0.3 is 5.97 Å². The average molecular weight is 303 g/mol. The van der Waals surface area contributed by atoms with E-state index in [2.05, 4.69) is 14.1 Å². The third kappa shape index (κ3) is 2.40. The van der Waals surface area contributed by atoms with Gasteiger partial charge in [-0.15, -0.1) is 0 Å². The topological polar surface area (TPSA) is 81.2 Å². The minimum Gasteiger partial charge on any atom is -0.466 e. The molecule has 21 heavy (non-hydrogen) atoms. The zero-order valence-corrected chi connectivity index (χ0v) is 12.4. The highest BCUT2D eigenvalue weighted by atomic mass is 32.1. The Morgan fingerprint density at radius 2 is 2.14 bits per heavy atom. The van der Waals surface area contributed by atoms with Gasteiger partial charge < -0.3 is 10.1 Å². The quantitative estimate of drug-likeness (QED) is 0.855. The summed E-state index contributed by atoms with van der Waals surface area (Å²) in [4.78, 5) is 23.8. The summed E-state index contributed by atoms with van der Waals surface area (Å²) >= 11 is 1.14. The number of aromatic nitrogens is 2. The van der Waals surface area contributed by atoms with E-state index in [0.717, 1.165) is 28.3 Å². The zero-order chi connectivity index (χ0) is 15.0. The molecule has 1 N–H and O–H groups in total. The molecule has 1 atom stereocenters. The van der Waals surface area contributed by atoms with Crippen LogP contribution in [0.4, 0.5) is 0 Å². The smallest absolute Gasteiger partial charge is 0.336 e. The van der Waals surface area contributed by atoms with E-state index in [1.165, 1.54) is 7.11 Å². The predicted octanol–water partition coefficient (Wildman–Crippen LogP) is 1.74. The molecule has 1 amide bonds. The molecule has 3 rings (SSSR count). The van der Waals surface area contributed by atoms with E-state index in [9.17, 15) is 9.59 Å². The molecule has 1 aromatic heterocycles. The standard InChI is InChI=1S/C14H13N3O3S/c1-7-13(14(19)20-2)9(6-12(18)15-7)8-3-4-10-11(5-8)17-21-16-10/h3-5,9H,6H2,1-2H3,(H,15,18). The Hall–Kier alpha value is -2.28. The summed E-state index contributed by atoms with van der Waals surface area (Å²) in [7, 11) is 1.34. The number of carbonyl (C=O) groups excluding carboxylic acids is 2. The first kappa shape index (κ1) is 13.7. The first-order valence-corrected chi connectivity index (χ1v) is 7.14. The van der Waals surface area contributed by atoms with Crippen molar-refractivity contribution in [1.82, 2.24) is 14.1 Å². The van der Waals surface area contributed by atoms with E-state index < -0.39 is 5.97 Å². The summed E-state index contributed by atoms with van der Waals surface area (Å²) in [5.41, 5.74) is 3.47. The lowest BCUT2D eigenvalue weighted by Crippen LogP contribution is -2.34. The number of nitrogens with one attached hydrogen (secondary N) is 1. The maximum Gasteiger partial charge on any atom is 0.336 e. The van der Waals surface area contributed by atoms with Crippen LogP contribution in [0.1, 0.15) is 24.8 Å². The van der Waals surface area contributed by atoms with Crippen LogP contribution >= 0.6 is 11.7 Å². The summed E-state index contributed by atoms with van der Waals surface area (Å²) in [6.45, 7) is 1.71. The Morgan fingerprint density at radius 3 is 2.90 bits per heavy atom. The summed E-state index contributed by atoms with van der Waals surface area (Å²) in [6, 6.07) is 5.60. The van der Waals surface area contributed by atoms with Gasteiger partial charge in [-0.3, -0.25) is 4.79 Å². The summed E-state index contributed by atoms with van der Waals surface area (Å²) in [5, 5.41) is 2.69. The predicted molar refractivity (Wildman–Crippen MR) is 77.6 cm³/mol. The van der Waals surface area contributed by atoms with Crippen LogP contribution in [0.25, 0.3) is 11.0 Å². The molecule has 1 aliphatic heterocycles. The van der Waals surface area contributed by atoms with Gasteiger partial charge in [0.25, 0.3) is 0 Å². The fraction of sp³-hybridized carbons (Fsp3) is 0.286. The van der Waals surface area contributed by atoms with Crippen molar-refractivity contribution in [1.29, 1.82) is 0 Å². The molecule has 2 aromatic rings. The first-order valence-electron chi connectivity index (χ1n) is 6.41. The van der Waals surface area contributed by atoms with Gasteiger partial charge in [-0.25, -0.2) is 4.79 Å². The van der Waals surface area contributed by atoms with E-state index >= 15 is 0 Å². The number of hydrogen-bond acceptors (Lipinski definition) is 6. The Morgan fingerprint density at radius 1 is 1.38 bits per heavy atom. The van der Waals surface area contributed by atoms with Crippen molar-refractivity contribution >= 4 is 34.6 Å². The van der Waals surface area contributed by atoms with E-state index in [-0.39, 0.29) is 18.2 Å². The van der Waals surface area contributed by atoms with E-state index in [1.807, 2.05) is 18.2 Å². The van der Waals surface area contributed by atoms with Crippen LogP contribution in [0, 0.1) is 0 Å². The largest absolute Gasteiger partial charge is 0.466 e. The number of esters is 1. The van der Waals surface area contributed by atoms with E-state index in [0.29, 0.717) is 11.3 Å². The molecule has 108 valence electrons. The van der Waals surface area contributed by atoms with Gasteiger partial charge in [0.15, 0.2) is 0 Å². The number of allylic oxidation sites excluding steroid dienone is 1. The first-order chi connectivity index (χ1) is 10.1. The van der Waals surface area contributed by atoms with Crippen LogP contribution < -0.4 is 5.32 Å². The SMILES string of the molecule is COC(=O)C1=C(C)NC(=O)CC1c1ccc2nsnc2c1. The molecule has 0 aliphatic carbocycles. The summed E-state index contributed by atoms with van der Waals surface area (Å²) in [6.07, 6.45) is 0.213. The highest BCUT2D eigenvalue weighted by Crippen LogP contribution is 2.34. The molecule has 7 heteroatoms. The van der Waals surface area contributed by atoms with Crippen molar-refractivity contribution in [3.8, 4) is 0 Å². The molecule has 0 saturated heterocycles. The Bertz CT molecular complexity index is 766. The number of carbonyl (C=O) groups is 2. The highest BCUT2D eigenvalue weighted by Gasteiger charge is 2.32. The number of nitrogens with zero attached hydrogens (tertiary/aromatic N) is 2.